The van der Waals surface area contributed by atoms with Crippen molar-refractivity contribution < 1.29 is 9.55 Å². The van der Waals surface area contributed by atoms with Crippen LogP contribution >= 0.6 is 0 Å². The van der Waals surface area contributed by atoms with E-state index in [-0.39, 0.29) is 5.92 Å². The van der Waals surface area contributed by atoms with Crippen molar-refractivity contribution in [1.29, 1.82) is 0 Å². The zero-order valence-corrected chi connectivity index (χ0v) is 17.9. The largest absolute Gasteiger partial charge is 0.437 e. The lowest BCUT2D eigenvalue weighted by atomic mass is 9.80. The first-order chi connectivity index (χ1) is 15.0. The highest BCUT2D eigenvalue weighted by Gasteiger charge is 2.28. The first-order valence-electron chi connectivity index (χ1n) is 10.5. The van der Waals surface area contributed by atoms with Crippen molar-refractivity contribution in [3.63, 3.8) is 0 Å². The number of fused-ring (bicyclic) bond motifs is 1. The van der Waals surface area contributed by atoms with Gasteiger partial charge in [-0.1, -0.05) is 5.16 Å². The highest BCUT2D eigenvalue weighted by molar-refractivity contribution is 6.45. The number of aromatic nitrogens is 6. The molecule has 1 unspecified atom stereocenters. The molecule has 1 saturated heterocycles. The van der Waals surface area contributed by atoms with Gasteiger partial charge in [0.1, 0.15) is 11.6 Å². The van der Waals surface area contributed by atoms with Crippen molar-refractivity contribution >= 4 is 24.3 Å². The van der Waals surface area contributed by atoms with E-state index in [1.54, 1.807) is 9.20 Å². The molecule has 10 nitrogen and oxygen atoms in total. The summed E-state index contributed by atoms with van der Waals surface area (Å²) >= 11 is 0. The fraction of sp³-hybridized carbons (Fsp3) is 0.400. The number of anilines is 2. The van der Waals surface area contributed by atoms with E-state index in [0.717, 1.165) is 60.0 Å². The Labute approximate surface area is 180 Å². The number of nitrogens with one attached hydrogen (secondary N) is 1. The van der Waals surface area contributed by atoms with Crippen molar-refractivity contribution in [3.8, 4) is 11.1 Å². The summed E-state index contributed by atoms with van der Waals surface area (Å²) < 4.78 is 8.76. The van der Waals surface area contributed by atoms with Crippen molar-refractivity contribution in [3.05, 3.63) is 42.2 Å². The molecule has 11 heteroatoms. The Kier molecular flexibility index (Phi) is 4.99. The highest BCUT2D eigenvalue weighted by atomic mass is 16.5. The second kappa shape index (κ2) is 7.82. The summed E-state index contributed by atoms with van der Waals surface area (Å²) in [6.07, 6.45) is 7.61. The third kappa shape index (κ3) is 3.82. The number of piperidine rings is 1. The molecular weight excluding hydrogens is 395 g/mol. The molecule has 0 bridgehead atoms. The van der Waals surface area contributed by atoms with E-state index in [4.69, 9.17) is 9.51 Å². The molecule has 0 aliphatic carbocycles. The molecule has 4 aromatic heterocycles. The molecular formula is C20H25BN8O2. The van der Waals surface area contributed by atoms with Gasteiger partial charge in [-0.05, 0) is 39.7 Å². The maximum atomic E-state index is 10.1. The summed E-state index contributed by atoms with van der Waals surface area (Å²) in [5.74, 6) is 2.32. The zero-order valence-electron chi connectivity index (χ0n) is 17.9. The summed E-state index contributed by atoms with van der Waals surface area (Å²) in [7, 11) is 1.42. The third-order valence-corrected chi connectivity index (χ3v) is 5.79. The molecule has 0 spiro atoms. The van der Waals surface area contributed by atoms with E-state index in [9.17, 15) is 5.02 Å². The Bertz CT molecular complexity index is 1210. The van der Waals surface area contributed by atoms with E-state index in [1.165, 1.54) is 0 Å². The first kappa shape index (κ1) is 19.8. The smallest absolute Gasteiger partial charge is 0.376 e. The van der Waals surface area contributed by atoms with Gasteiger partial charge in [0.15, 0.2) is 11.5 Å². The fourth-order valence-electron chi connectivity index (χ4n) is 4.19. The summed E-state index contributed by atoms with van der Waals surface area (Å²) in [5, 5.41) is 26.3. The second-order valence-corrected chi connectivity index (χ2v) is 8.18. The molecule has 0 aromatic carbocycles. The van der Waals surface area contributed by atoms with Gasteiger partial charge in [0, 0.05) is 42.4 Å². The van der Waals surface area contributed by atoms with E-state index in [0.29, 0.717) is 5.82 Å². The average Bonchev–Trinajstić information content (AvgIpc) is 3.48. The van der Waals surface area contributed by atoms with Crippen molar-refractivity contribution in [2.75, 3.05) is 18.4 Å². The number of hydrogen-bond donors (Lipinski definition) is 2. The van der Waals surface area contributed by atoms with E-state index in [1.807, 2.05) is 51.5 Å². The zero-order chi connectivity index (χ0) is 21.5. The summed E-state index contributed by atoms with van der Waals surface area (Å²) in [5.41, 5.74) is 3.59. The van der Waals surface area contributed by atoms with Crippen molar-refractivity contribution in [2.45, 2.75) is 32.5 Å². The number of nitrogens with zero attached hydrogens (tertiary/aromatic N) is 7. The molecule has 1 aliphatic rings. The lowest BCUT2D eigenvalue weighted by Gasteiger charge is -2.33. The SMILES string of the molecule is CB(O)N1CCCC(c2cc(Nc3cc(C)on3)n3ncc(-c4cnn(C)c4)c3n2)C1. The monoisotopic (exact) mass is 420 g/mol. The van der Waals surface area contributed by atoms with Gasteiger partial charge >= 0.3 is 7.05 Å². The normalized spacial score (nSPS) is 17.4. The van der Waals surface area contributed by atoms with Gasteiger partial charge in [-0.25, -0.2) is 4.98 Å². The average molecular weight is 420 g/mol. The predicted molar refractivity (Wildman–Crippen MR) is 117 cm³/mol. The molecule has 0 amide bonds. The van der Waals surface area contributed by atoms with Crippen LogP contribution in [0.2, 0.25) is 6.82 Å². The minimum Gasteiger partial charge on any atom is -0.437 e. The van der Waals surface area contributed by atoms with Gasteiger partial charge in [-0.2, -0.15) is 14.7 Å². The number of hydrogen-bond acceptors (Lipinski definition) is 8. The van der Waals surface area contributed by atoms with Gasteiger partial charge in [0.25, 0.3) is 0 Å². The lowest BCUT2D eigenvalue weighted by molar-refractivity contribution is 0.283. The highest BCUT2D eigenvalue weighted by Crippen LogP contribution is 2.32. The molecule has 0 radical (unpaired) electrons. The molecule has 1 aliphatic heterocycles. The van der Waals surface area contributed by atoms with Gasteiger partial charge in [0.2, 0.25) is 0 Å². The van der Waals surface area contributed by atoms with Crippen LogP contribution in [0, 0.1) is 6.92 Å². The van der Waals surface area contributed by atoms with Crippen LogP contribution in [0.4, 0.5) is 11.6 Å². The predicted octanol–water partition coefficient (Wildman–Crippen LogP) is 2.46. The van der Waals surface area contributed by atoms with Crippen LogP contribution in [0.1, 0.15) is 30.2 Å². The minimum atomic E-state index is -0.469. The van der Waals surface area contributed by atoms with Gasteiger partial charge in [-0.15, -0.1) is 0 Å². The van der Waals surface area contributed by atoms with Crippen LogP contribution < -0.4 is 5.32 Å². The minimum absolute atomic E-state index is 0.213. The maximum Gasteiger partial charge on any atom is 0.376 e. The summed E-state index contributed by atoms with van der Waals surface area (Å²) in [6.45, 7) is 5.33. The standard InChI is InChI=1S/C20H25BN8O2/c1-13-7-18(26-31-13)25-19-8-17(14-5-4-6-28(12-14)21(2)30)24-20-16(10-23-29(19)20)15-9-22-27(3)11-15/h7-11,14,30H,4-6,12H2,1-3H3,(H,25,26). The van der Waals surface area contributed by atoms with Crippen LogP contribution in [0.3, 0.4) is 0 Å². The van der Waals surface area contributed by atoms with E-state index < -0.39 is 7.05 Å². The fourth-order valence-corrected chi connectivity index (χ4v) is 4.19. The maximum absolute atomic E-state index is 10.1. The van der Waals surface area contributed by atoms with Gasteiger partial charge in [-0.3, -0.25) is 4.68 Å². The number of rotatable bonds is 5. The van der Waals surface area contributed by atoms with E-state index in [2.05, 4.69) is 25.5 Å². The first-order valence-corrected chi connectivity index (χ1v) is 10.5. The summed E-state index contributed by atoms with van der Waals surface area (Å²) in [4.78, 5) is 7.11. The Morgan fingerprint density at radius 1 is 1.26 bits per heavy atom. The van der Waals surface area contributed by atoms with Gasteiger partial charge in [0.05, 0.1) is 18.1 Å². The molecule has 1 atom stereocenters. The van der Waals surface area contributed by atoms with Crippen LogP contribution in [-0.2, 0) is 7.05 Å². The second-order valence-electron chi connectivity index (χ2n) is 8.18. The Morgan fingerprint density at radius 2 is 2.13 bits per heavy atom. The molecule has 31 heavy (non-hydrogen) atoms. The molecule has 5 heterocycles. The molecule has 160 valence electrons. The third-order valence-electron chi connectivity index (χ3n) is 5.79. The van der Waals surface area contributed by atoms with E-state index >= 15 is 0 Å². The lowest BCUT2D eigenvalue weighted by Crippen LogP contribution is -2.43. The molecule has 2 N–H and O–H groups in total. The molecule has 5 rings (SSSR count). The van der Waals surface area contributed by atoms with Crippen LogP contribution in [0.15, 0.2) is 35.2 Å². The molecule has 0 saturated carbocycles. The van der Waals surface area contributed by atoms with Crippen LogP contribution in [-0.4, -0.2) is 59.5 Å². The Morgan fingerprint density at radius 3 is 2.84 bits per heavy atom. The van der Waals surface area contributed by atoms with Gasteiger partial charge < -0.3 is 19.7 Å². The Hall–Kier alpha value is -3.18. The topological polar surface area (TPSA) is 110 Å². The quantitative estimate of drug-likeness (QED) is 0.474. The van der Waals surface area contributed by atoms with Crippen LogP contribution in [0.25, 0.3) is 16.8 Å². The molecule has 1 fully saturated rings. The van der Waals surface area contributed by atoms with Crippen molar-refractivity contribution in [1.82, 2.24) is 34.3 Å². The number of aryl methyl sites for hydroxylation is 2. The molecule has 4 aromatic rings. The van der Waals surface area contributed by atoms with Crippen molar-refractivity contribution in [2.24, 2.45) is 7.05 Å². The Balaban J connectivity index is 1.61. The summed E-state index contributed by atoms with van der Waals surface area (Å²) in [6, 6.07) is 3.86. The van der Waals surface area contributed by atoms with Crippen LogP contribution in [0.5, 0.6) is 0 Å².